The molecule has 1 aliphatic rings. The maximum atomic E-state index is 10.0. The monoisotopic (exact) mass is 344 g/mol. The molecule has 136 valence electrons. The summed E-state index contributed by atoms with van der Waals surface area (Å²) < 4.78 is 10.8. The molecule has 1 saturated heterocycles. The van der Waals surface area contributed by atoms with Gasteiger partial charge >= 0.3 is 0 Å². The number of hydrogen-bond donors (Lipinski definition) is 6. The summed E-state index contributed by atoms with van der Waals surface area (Å²) in [5.74, 6) is 0.213. The van der Waals surface area contributed by atoms with Crippen LogP contribution in [0.25, 0.3) is 0 Å². The number of benzene rings is 1. The smallest absolute Gasteiger partial charge is 0.229 e. The molecule has 1 fully saturated rings. The lowest BCUT2D eigenvalue weighted by molar-refractivity contribution is -0.277. The van der Waals surface area contributed by atoms with E-state index in [2.05, 4.69) is 0 Å². The summed E-state index contributed by atoms with van der Waals surface area (Å²) in [6.07, 6.45) is -5.73. The standard InChI is InChI=1S/C16H24O8/c1-2-3-8-9(6-17)11(5-4-10(8)19)23-16-15(22)14(21)13(20)12(7-18)24-16/h4-5,12-22H,2-3,6-7H2,1H3. The first-order chi connectivity index (χ1) is 11.4. The van der Waals surface area contributed by atoms with Crippen molar-refractivity contribution in [1.29, 1.82) is 0 Å². The molecule has 1 aromatic carbocycles. The van der Waals surface area contributed by atoms with Crippen LogP contribution in [0.2, 0.25) is 0 Å². The molecule has 0 spiro atoms. The molecule has 0 radical (unpaired) electrons. The SMILES string of the molecule is CCCc1c(O)ccc(OC2OC(CO)C(O)C(O)C2O)c1CO. The molecule has 5 atom stereocenters. The number of aromatic hydroxyl groups is 1. The summed E-state index contributed by atoms with van der Waals surface area (Å²) in [5, 5.41) is 58.3. The van der Waals surface area contributed by atoms with E-state index in [0.29, 0.717) is 17.5 Å². The predicted molar refractivity (Wildman–Crippen MR) is 82.4 cm³/mol. The second-order valence-electron chi connectivity index (χ2n) is 5.76. The number of phenolic OH excluding ortho intramolecular Hbond substituents is 1. The van der Waals surface area contributed by atoms with E-state index in [1.54, 1.807) is 0 Å². The number of phenols is 1. The van der Waals surface area contributed by atoms with Gasteiger partial charge in [0.1, 0.15) is 35.9 Å². The molecule has 1 aromatic rings. The van der Waals surface area contributed by atoms with Crippen molar-refractivity contribution in [1.82, 2.24) is 0 Å². The molecule has 0 aromatic heterocycles. The fraction of sp³-hybridized carbons (Fsp3) is 0.625. The van der Waals surface area contributed by atoms with Gasteiger partial charge in [-0.05, 0) is 18.6 Å². The molecular formula is C16H24O8. The van der Waals surface area contributed by atoms with Crippen LogP contribution in [0.3, 0.4) is 0 Å². The lowest BCUT2D eigenvalue weighted by Crippen LogP contribution is -2.60. The highest BCUT2D eigenvalue weighted by Crippen LogP contribution is 2.33. The largest absolute Gasteiger partial charge is 0.508 e. The molecule has 8 nitrogen and oxygen atoms in total. The highest BCUT2D eigenvalue weighted by molar-refractivity contribution is 5.48. The molecule has 0 saturated carbocycles. The molecule has 6 N–H and O–H groups in total. The highest BCUT2D eigenvalue weighted by Gasteiger charge is 2.44. The highest BCUT2D eigenvalue weighted by atomic mass is 16.7. The fourth-order valence-electron chi connectivity index (χ4n) is 2.76. The van der Waals surface area contributed by atoms with Gasteiger partial charge in [0.2, 0.25) is 6.29 Å². The van der Waals surface area contributed by atoms with Crippen molar-refractivity contribution in [2.24, 2.45) is 0 Å². The molecule has 0 bridgehead atoms. The first-order valence-electron chi connectivity index (χ1n) is 7.86. The van der Waals surface area contributed by atoms with Crippen molar-refractivity contribution in [3.8, 4) is 11.5 Å². The van der Waals surface area contributed by atoms with Crippen LogP contribution in [-0.2, 0) is 17.8 Å². The van der Waals surface area contributed by atoms with Crippen molar-refractivity contribution in [3.63, 3.8) is 0 Å². The van der Waals surface area contributed by atoms with Gasteiger partial charge in [-0.15, -0.1) is 0 Å². The Kier molecular flexibility index (Phi) is 6.39. The molecule has 8 heteroatoms. The van der Waals surface area contributed by atoms with E-state index in [4.69, 9.17) is 9.47 Å². The van der Waals surface area contributed by atoms with E-state index in [9.17, 15) is 30.6 Å². The summed E-state index contributed by atoms with van der Waals surface area (Å²) in [4.78, 5) is 0. The Balaban J connectivity index is 2.28. The second-order valence-corrected chi connectivity index (χ2v) is 5.76. The Hall–Kier alpha value is -1.42. The van der Waals surface area contributed by atoms with Crippen LogP contribution < -0.4 is 4.74 Å². The third kappa shape index (κ3) is 3.64. The molecule has 1 heterocycles. The minimum absolute atomic E-state index is 0.0297. The first-order valence-corrected chi connectivity index (χ1v) is 7.86. The molecule has 1 aliphatic heterocycles. The topological polar surface area (TPSA) is 140 Å². The average Bonchev–Trinajstić information content (AvgIpc) is 2.58. The van der Waals surface area contributed by atoms with Crippen molar-refractivity contribution in [3.05, 3.63) is 23.3 Å². The number of rotatable bonds is 6. The summed E-state index contributed by atoms with van der Waals surface area (Å²) in [6.45, 7) is 0.969. The molecule has 5 unspecified atom stereocenters. The fourth-order valence-corrected chi connectivity index (χ4v) is 2.76. The van der Waals surface area contributed by atoms with Gasteiger partial charge in [0.15, 0.2) is 0 Å². The number of hydrogen-bond acceptors (Lipinski definition) is 8. The van der Waals surface area contributed by atoms with Gasteiger partial charge in [0.05, 0.1) is 13.2 Å². The third-order valence-electron chi connectivity index (χ3n) is 4.11. The van der Waals surface area contributed by atoms with Crippen molar-refractivity contribution in [2.45, 2.75) is 57.1 Å². The first kappa shape index (κ1) is 18.9. The Morgan fingerprint density at radius 1 is 1.04 bits per heavy atom. The molecular weight excluding hydrogens is 320 g/mol. The van der Waals surface area contributed by atoms with Gasteiger partial charge in [-0.3, -0.25) is 0 Å². The summed E-state index contributed by atoms with van der Waals surface area (Å²) in [6, 6.07) is 2.82. The zero-order chi connectivity index (χ0) is 17.9. The second kappa shape index (κ2) is 8.11. The minimum Gasteiger partial charge on any atom is -0.508 e. The Bertz CT molecular complexity index is 547. The van der Waals surface area contributed by atoms with E-state index in [-0.39, 0.29) is 11.5 Å². The summed E-state index contributed by atoms with van der Waals surface area (Å²) >= 11 is 0. The summed E-state index contributed by atoms with van der Waals surface area (Å²) in [7, 11) is 0. The van der Waals surface area contributed by atoms with E-state index in [0.717, 1.165) is 6.42 Å². The molecule has 2 rings (SSSR count). The van der Waals surface area contributed by atoms with Crippen molar-refractivity contribution < 1.29 is 40.1 Å². The van der Waals surface area contributed by atoms with Crippen LogP contribution in [-0.4, -0.2) is 68.0 Å². The Labute approximate surface area is 139 Å². The zero-order valence-electron chi connectivity index (χ0n) is 13.4. The minimum atomic E-state index is -1.55. The van der Waals surface area contributed by atoms with Gasteiger partial charge in [-0.25, -0.2) is 0 Å². The zero-order valence-corrected chi connectivity index (χ0v) is 13.4. The van der Waals surface area contributed by atoms with Gasteiger partial charge < -0.3 is 40.1 Å². The van der Waals surface area contributed by atoms with E-state index in [1.165, 1.54) is 12.1 Å². The van der Waals surface area contributed by atoms with Crippen LogP contribution in [0, 0.1) is 0 Å². The number of ether oxygens (including phenoxy) is 2. The maximum absolute atomic E-state index is 10.0. The normalized spacial score (nSPS) is 30.3. The number of aliphatic hydroxyl groups excluding tert-OH is 5. The Morgan fingerprint density at radius 3 is 2.33 bits per heavy atom. The van der Waals surface area contributed by atoms with Crippen LogP contribution in [0.15, 0.2) is 12.1 Å². The van der Waals surface area contributed by atoms with Gasteiger partial charge in [0, 0.05) is 11.1 Å². The van der Waals surface area contributed by atoms with Gasteiger partial charge in [-0.2, -0.15) is 0 Å². The quantitative estimate of drug-likeness (QED) is 0.387. The van der Waals surface area contributed by atoms with Crippen LogP contribution in [0.5, 0.6) is 11.5 Å². The molecule has 0 aliphatic carbocycles. The van der Waals surface area contributed by atoms with Crippen molar-refractivity contribution >= 4 is 0 Å². The number of aliphatic hydroxyl groups is 5. The van der Waals surface area contributed by atoms with Crippen LogP contribution in [0.4, 0.5) is 0 Å². The molecule has 24 heavy (non-hydrogen) atoms. The van der Waals surface area contributed by atoms with E-state index >= 15 is 0 Å². The predicted octanol–water partition coefficient (Wildman–Crippen LogP) is -0.984. The van der Waals surface area contributed by atoms with E-state index < -0.39 is 43.9 Å². The molecule has 0 amide bonds. The summed E-state index contributed by atoms with van der Waals surface area (Å²) in [5.41, 5.74) is 0.885. The maximum Gasteiger partial charge on any atom is 0.229 e. The van der Waals surface area contributed by atoms with Crippen LogP contribution in [0.1, 0.15) is 24.5 Å². The average molecular weight is 344 g/mol. The van der Waals surface area contributed by atoms with E-state index in [1.807, 2.05) is 6.92 Å². The van der Waals surface area contributed by atoms with Gasteiger partial charge in [0.25, 0.3) is 0 Å². The van der Waals surface area contributed by atoms with Crippen LogP contribution >= 0.6 is 0 Å². The third-order valence-corrected chi connectivity index (χ3v) is 4.11. The van der Waals surface area contributed by atoms with Crippen molar-refractivity contribution in [2.75, 3.05) is 6.61 Å². The Morgan fingerprint density at radius 2 is 1.75 bits per heavy atom. The lowest BCUT2D eigenvalue weighted by Gasteiger charge is -2.39. The van der Waals surface area contributed by atoms with Gasteiger partial charge in [-0.1, -0.05) is 13.3 Å². The lowest BCUT2D eigenvalue weighted by atomic mass is 9.99.